The van der Waals surface area contributed by atoms with Gasteiger partial charge in [0.05, 0.1) is 10.3 Å². The summed E-state index contributed by atoms with van der Waals surface area (Å²) in [6.07, 6.45) is 3.80. The fraction of sp³-hybridized carbons (Fsp3) is 0.533. The van der Waals surface area contributed by atoms with Crippen molar-refractivity contribution in [2.75, 3.05) is 0 Å². The molecule has 1 N–H and O–H groups in total. The van der Waals surface area contributed by atoms with Crippen molar-refractivity contribution in [3.05, 3.63) is 39.7 Å². The zero-order valence-electron chi connectivity index (χ0n) is 11.4. The summed E-state index contributed by atoms with van der Waals surface area (Å²) in [5.41, 5.74) is -0.880. The quantitative estimate of drug-likeness (QED) is 0.683. The monoisotopic (exact) mass is 293 g/mol. The summed E-state index contributed by atoms with van der Waals surface area (Å²) in [5.74, 6) is -1.14. The van der Waals surface area contributed by atoms with Crippen LogP contribution >= 0.6 is 0 Å². The fourth-order valence-corrected chi connectivity index (χ4v) is 4.17. The van der Waals surface area contributed by atoms with E-state index in [1.165, 1.54) is 6.07 Å². The Balaban J connectivity index is 1.89. The van der Waals surface area contributed by atoms with Crippen molar-refractivity contribution in [3.63, 3.8) is 0 Å². The molecule has 112 valence electrons. The van der Waals surface area contributed by atoms with Crippen LogP contribution in [-0.4, -0.2) is 16.0 Å². The Morgan fingerprint density at radius 1 is 1.48 bits per heavy atom. The molecule has 1 aromatic rings. The lowest BCUT2D eigenvalue weighted by Crippen LogP contribution is -2.38. The molecule has 0 aliphatic heterocycles. The van der Waals surface area contributed by atoms with E-state index >= 15 is 0 Å². The SMILES string of the molecule is O=C(O)C1(Cc2ccc([N+](=O)[O-])c(F)c2)CC2CCC1C2. The summed E-state index contributed by atoms with van der Waals surface area (Å²) in [4.78, 5) is 21.6. The van der Waals surface area contributed by atoms with Crippen LogP contribution in [0.4, 0.5) is 10.1 Å². The summed E-state index contributed by atoms with van der Waals surface area (Å²) < 4.78 is 13.7. The van der Waals surface area contributed by atoms with E-state index in [2.05, 4.69) is 0 Å². The zero-order valence-corrected chi connectivity index (χ0v) is 11.4. The third-order valence-electron chi connectivity index (χ3n) is 5.13. The minimum Gasteiger partial charge on any atom is -0.481 e. The van der Waals surface area contributed by atoms with Crippen LogP contribution in [0, 0.1) is 33.2 Å². The third kappa shape index (κ3) is 2.18. The van der Waals surface area contributed by atoms with Gasteiger partial charge in [0.15, 0.2) is 0 Å². The predicted octanol–water partition coefficient (Wildman–Crippen LogP) is 3.17. The van der Waals surface area contributed by atoms with Gasteiger partial charge < -0.3 is 5.11 Å². The smallest absolute Gasteiger partial charge is 0.310 e. The second-order valence-corrected chi connectivity index (χ2v) is 6.26. The average Bonchev–Trinajstić information content (AvgIpc) is 2.99. The van der Waals surface area contributed by atoms with Crippen molar-refractivity contribution in [1.29, 1.82) is 0 Å². The maximum atomic E-state index is 13.7. The highest BCUT2D eigenvalue weighted by atomic mass is 19.1. The molecule has 2 fully saturated rings. The first kappa shape index (κ1) is 14.0. The molecule has 3 unspecified atom stereocenters. The first-order valence-corrected chi connectivity index (χ1v) is 7.08. The van der Waals surface area contributed by atoms with Gasteiger partial charge in [-0.2, -0.15) is 4.39 Å². The van der Waals surface area contributed by atoms with E-state index in [1.807, 2.05) is 0 Å². The molecule has 0 aromatic heterocycles. The van der Waals surface area contributed by atoms with Crippen molar-refractivity contribution in [2.45, 2.75) is 32.1 Å². The summed E-state index contributed by atoms with van der Waals surface area (Å²) in [6, 6.07) is 3.69. The molecule has 6 heteroatoms. The largest absolute Gasteiger partial charge is 0.481 e. The summed E-state index contributed by atoms with van der Waals surface area (Å²) in [7, 11) is 0. The molecule has 3 atom stereocenters. The van der Waals surface area contributed by atoms with Crippen LogP contribution in [0.5, 0.6) is 0 Å². The number of nitro groups is 1. The average molecular weight is 293 g/mol. The first-order valence-electron chi connectivity index (χ1n) is 7.08. The van der Waals surface area contributed by atoms with E-state index in [4.69, 9.17) is 0 Å². The second kappa shape index (κ2) is 4.79. The Hall–Kier alpha value is -1.98. The van der Waals surface area contributed by atoms with Crippen LogP contribution in [0.2, 0.25) is 0 Å². The minimum absolute atomic E-state index is 0.137. The molecule has 2 aliphatic carbocycles. The van der Waals surface area contributed by atoms with E-state index in [-0.39, 0.29) is 12.3 Å². The zero-order chi connectivity index (χ0) is 15.2. The molecule has 2 saturated carbocycles. The number of hydrogen-bond acceptors (Lipinski definition) is 3. The second-order valence-electron chi connectivity index (χ2n) is 6.26. The number of rotatable bonds is 4. The minimum atomic E-state index is -0.902. The fourth-order valence-electron chi connectivity index (χ4n) is 4.17. The predicted molar refractivity (Wildman–Crippen MR) is 72.3 cm³/mol. The van der Waals surface area contributed by atoms with E-state index < -0.39 is 27.8 Å². The van der Waals surface area contributed by atoms with E-state index in [9.17, 15) is 24.4 Å². The molecule has 5 nitrogen and oxygen atoms in total. The molecular weight excluding hydrogens is 277 g/mol. The number of benzene rings is 1. The number of nitrogens with zero attached hydrogens (tertiary/aromatic N) is 1. The number of halogens is 1. The van der Waals surface area contributed by atoms with E-state index in [1.54, 1.807) is 0 Å². The van der Waals surface area contributed by atoms with Gasteiger partial charge in [-0.3, -0.25) is 14.9 Å². The molecule has 21 heavy (non-hydrogen) atoms. The van der Waals surface area contributed by atoms with Crippen LogP contribution in [0.15, 0.2) is 18.2 Å². The lowest BCUT2D eigenvalue weighted by Gasteiger charge is -2.33. The first-order chi connectivity index (χ1) is 9.92. The Bertz CT molecular complexity index is 618. The molecule has 2 bridgehead atoms. The normalized spacial score (nSPS) is 30.5. The Morgan fingerprint density at radius 2 is 2.24 bits per heavy atom. The van der Waals surface area contributed by atoms with Crippen LogP contribution in [0.1, 0.15) is 31.2 Å². The maximum Gasteiger partial charge on any atom is 0.310 e. The van der Waals surface area contributed by atoms with Crippen LogP contribution < -0.4 is 0 Å². The molecule has 1 aromatic carbocycles. The molecule has 0 spiro atoms. The van der Waals surface area contributed by atoms with Crippen molar-refractivity contribution in [1.82, 2.24) is 0 Å². The number of carbonyl (C=O) groups is 1. The number of carboxylic acid groups (broad SMARTS) is 1. The molecular formula is C15H16FNO4. The lowest BCUT2D eigenvalue weighted by molar-refractivity contribution is -0.387. The Kier molecular flexibility index (Phi) is 3.19. The Labute approximate surface area is 120 Å². The third-order valence-corrected chi connectivity index (χ3v) is 5.13. The van der Waals surface area contributed by atoms with Crippen LogP contribution in [0.25, 0.3) is 0 Å². The van der Waals surface area contributed by atoms with Crippen LogP contribution in [0.3, 0.4) is 0 Å². The van der Waals surface area contributed by atoms with Gasteiger partial charge in [-0.15, -0.1) is 0 Å². The summed E-state index contributed by atoms with van der Waals surface area (Å²) in [6.45, 7) is 0. The highest BCUT2D eigenvalue weighted by molar-refractivity contribution is 5.76. The van der Waals surface area contributed by atoms with Crippen molar-refractivity contribution < 1.29 is 19.2 Å². The standard InChI is InChI=1S/C15H16FNO4/c16-12-6-10(2-4-13(12)17(20)21)8-15(14(18)19)7-9-1-3-11(15)5-9/h2,4,6,9,11H,1,3,5,7-8H2,(H,18,19). The molecule has 0 saturated heterocycles. The maximum absolute atomic E-state index is 13.7. The lowest BCUT2D eigenvalue weighted by atomic mass is 9.69. The Morgan fingerprint density at radius 3 is 2.71 bits per heavy atom. The van der Waals surface area contributed by atoms with Gasteiger partial charge >= 0.3 is 11.7 Å². The summed E-state index contributed by atoms with van der Waals surface area (Å²) >= 11 is 0. The molecule has 2 aliphatic rings. The van der Waals surface area contributed by atoms with Gasteiger partial charge in [0.25, 0.3) is 0 Å². The number of hydrogen-bond donors (Lipinski definition) is 1. The topological polar surface area (TPSA) is 80.4 Å². The van der Waals surface area contributed by atoms with Gasteiger partial charge in [-0.05, 0) is 49.1 Å². The number of fused-ring (bicyclic) bond motifs is 2. The van der Waals surface area contributed by atoms with Gasteiger partial charge in [0, 0.05) is 6.07 Å². The van der Waals surface area contributed by atoms with Crippen molar-refractivity contribution >= 4 is 11.7 Å². The van der Waals surface area contributed by atoms with E-state index in [0.717, 1.165) is 31.4 Å². The van der Waals surface area contributed by atoms with E-state index in [0.29, 0.717) is 17.9 Å². The number of aliphatic carboxylic acids is 1. The molecule has 0 radical (unpaired) electrons. The highest BCUT2D eigenvalue weighted by Gasteiger charge is 2.55. The van der Waals surface area contributed by atoms with Gasteiger partial charge in [0.2, 0.25) is 5.82 Å². The number of carboxylic acids is 1. The molecule has 0 heterocycles. The molecule has 3 rings (SSSR count). The van der Waals surface area contributed by atoms with Gasteiger partial charge in [0.1, 0.15) is 0 Å². The number of nitro benzene ring substituents is 1. The van der Waals surface area contributed by atoms with Crippen LogP contribution in [-0.2, 0) is 11.2 Å². The van der Waals surface area contributed by atoms with Gasteiger partial charge in [-0.1, -0.05) is 12.5 Å². The highest BCUT2D eigenvalue weighted by Crippen LogP contribution is 2.57. The molecule has 0 amide bonds. The summed E-state index contributed by atoms with van der Waals surface area (Å²) in [5, 5.41) is 20.3. The van der Waals surface area contributed by atoms with Crippen molar-refractivity contribution in [2.24, 2.45) is 17.3 Å². The van der Waals surface area contributed by atoms with Crippen molar-refractivity contribution in [3.8, 4) is 0 Å². The van der Waals surface area contributed by atoms with Gasteiger partial charge in [-0.25, -0.2) is 0 Å².